The summed E-state index contributed by atoms with van der Waals surface area (Å²) in [6.45, 7) is 3.57. The van der Waals surface area contributed by atoms with E-state index >= 15 is 0 Å². The molecule has 0 aliphatic carbocycles. The van der Waals surface area contributed by atoms with Crippen molar-refractivity contribution in [2.75, 3.05) is 11.1 Å². The number of benzene rings is 1. The average molecular weight is 262 g/mol. The van der Waals surface area contributed by atoms with Crippen molar-refractivity contribution >= 4 is 17.3 Å². The maximum atomic E-state index is 12.9. The van der Waals surface area contributed by atoms with Gasteiger partial charge >= 0.3 is 0 Å². The quantitative estimate of drug-likeness (QED) is 0.832. The van der Waals surface area contributed by atoms with Gasteiger partial charge in [-0.05, 0) is 32.0 Å². The number of imidazole rings is 1. The molecule has 0 bridgehead atoms. The average Bonchev–Trinajstić information content (AvgIpc) is 2.78. The van der Waals surface area contributed by atoms with Crippen LogP contribution < -0.4 is 11.1 Å². The SMILES string of the molecule is Cc1nccn1C(C)C(=O)Nc1ccc(F)cc1N. The summed E-state index contributed by atoms with van der Waals surface area (Å²) >= 11 is 0. The van der Waals surface area contributed by atoms with E-state index in [0.29, 0.717) is 5.69 Å². The molecule has 1 aromatic carbocycles. The second kappa shape index (κ2) is 5.09. The van der Waals surface area contributed by atoms with Crippen LogP contribution >= 0.6 is 0 Å². The molecule has 0 spiro atoms. The first kappa shape index (κ1) is 13.1. The Labute approximate surface area is 110 Å². The van der Waals surface area contributed by atoms with E-state index in [4.69, 9.17) is 5.73 Å². The van der Waals surface area contributed by atoms with Gasteiger partial charge in [0, 0.05) is 12.4 Å². The van der Waals surface area contributed by atoms with Crippen LogP contribution in [0.4, 0.5) is 15.8 Å². The number of amides is 1. The fourth-order valence-corrected chi connectivity index (χ4v) is 1.81. The molecule has 1 unspecified atom stereocenters. The molecule has 3 N–H and O–H groups in total. The van der Waals surface area contributed by atoms with Gasteiger partial charge in [-0.25, -0.2) is 9.37 Å². The van der Waals surface area contributed by atoms with Gasteiger partial charge in [0.1, 0.15) is 17.7 Å². The predicted molar refractivity (Wildman–Crippen MR) is 71.1 cm³/mol. The number of nitrogens with zero attached hydrogens (tertiary/aromatic N) is 2. The molecule has 0 aliphatic heterocycles. The molecule has 0 saturated carbocycles. The van der Waals surface area contributed by atoms with Crippen LogP contribution in [0.15, 0.2) is 30.6 Å². The molecule has 1 atom stereocenters. The minimum atomic E-state index is -0.436. The number of nitrogens with two attached hydrogens (primary N) is 1. The van der Waals surface area contributed by atoms with Gasteiger partial charge < -0.3 is 15.6 Å². The Morgan fingerprint density at radius 3 is 2.84 bits per heavy atom. The third kappa shape index (κ3) is 2.73. The van der Waals surface area contributed by atoms with Crippen molar-refractivity contribution in [2.45, 2.75) is 19.9 Å². The number of carbonyl (C=O) groups is 1. The zero-order valence-electron chi connectivity index (χ0n) is 10.7. The van der Waals surface area contributed by atoms with Crippen molar-refractivity contribution < 1.29 is 9.18 Å². The van der Waals surface area contributed by atoms with Crippen LogP contribution in [-0.2, 0) is 4.79 Å². The molecular formula is C13H15FN4O. The number of nitrogen functional groups attached to an aromatic ring is 1. The lowest BCUT2D eigenvalue weighted by Gasteiger charge is -2.16. The van der Waals surface area contributed by atoms with E-state index in [1.54, 1.807) is 23.9 Å². The van der Waals surface area contributed by atoms with Crippen molar-refractivity contribution in [1.29, 1.82) is 0 Å². The zero-order valence-corrected chi connectivity index (χ0v) is 10.7. The zero-order chi connectivity index (χ0) is 14.0. The highest BCUT2D eigenvalue weighted by Gasteiger charge is 2.17. The maximum absolute atomic E-state index is 12.9. The molecule has 0 radical (unpaired) electrons. The lowest BCUT2D eigenvalue weighted by Crippen LogP contribution is -2.24. The molecule has 0 saturated heterocycles. The maximum Gasteiger partial charge on any atom is 0.247 e. The second-order valence-electron chi connectivity index (χ2n) is 4.28. The lowest BCUT2D eigenvalue weighted by atomic mass is 10.2. The largest absolute Gasteiger partial charge is 0.397 e. The molecule has 5 nitrogen and oxygen atoms in total. The van der Waals surface area contributed by atoms with Gasteiger partial charge in [-0.2, -0.15) is 0 Å². The first-order valence-corrected chi connectivity index (χ1v) is 5.84. The third-order valence-corrected chi connectivity index (χ3v) is 2.93. The molecular weight excluding hydrogens is 247 g/mol. The van der Waals surface area contributed by atoms with Crippen LogP contribution in [0.2, 0.25) is 0 Å². The highest BCUT2D eigenvalue weighted by atomic mass is 19.1. The van der Waals surface area contributed by atoms with E-state index in [-0.39, 0.29) is 11.6 Å². The van der Waals surface area contributed by atoms with Crippen molar-refractivity contribution in [2.24, 2.45) is 0 Å². The van der Waals surface area contributed by atoms with Crippen LogP contribution in [0.25, 0.3) is 0 Å². The number of hydrogen-bond acceptors (Lipinski definition) is 3. The van der Waals surface area contributed by atoms with Gasteiger partial charge in [0.05, 0.1) is 11.4 Å². The molecule has 1 aromatic heterocycles. The smallest absolute Gasteiger partial charge is 0.247 e. The summed E-state index contributed by atoms with van der Waals surface area (Å²) in [5.74, 6) is 0.0723. The molecule has 1 amide bonds. The van der Waals surface area contributed by atoms with E-state index in [1.165, 1.54) is 18.2 Å². The van der Waals surface area contributed by atoms with Crippen LogP contribution in [0.1, 0.15) is 18.8 Å². The van der Waals surface area contributed by atoms with Crippen LogP contribution in [0.3, 0.4) is 0 Å². The Morgan fingerprint density at radius 1 is 1.53 bits per heavy atom. The Hall–Kier alpha value is -2.37. The number of anilines is 2. The fraction of sp³-hybridized carbons (Fsp3) is 0.231. The first-order chi connectivity index (χ1) is 8.99. The topological polar surface area (TPSA) is 72.9 Å². The van der Waals surface area contributed by atoms with Gasteiger partial charge in [-0.3, -0.25) is 4.79 Å². The van der Waals surface area contributed by atoms with Crippen LogP contribution in [0, 0.1) is 12.7 Å². The molecule has 2 aromatic rings. The number of aromatic nitrogens is 2. The standard InChI is InChI=1S/C13H15FN4O/c1-8(18-6-5-16-9(18)2)13(19)17-12-4-3-10(14)7-11(12)15/h3-8H,15H2,1-2H3,(H,17,19). The summed E-state index contributed by atoms with van der Waals surface area (Å²) < 4.78 is 14.7. The van der Waals surface area contributed by atoms with Gasteiger partial charge in [0.15, 0.2) is 0 Å². The summed E-state index contributed by atoms with van der Waals surface area (Å²) in [6, 6.07) is 3.43. The molecule has 6 heteroatoms. The monoisotopic (exact) mass is 262 g/mol. The van der Waals surface area contributed by atoms with E-state index in [0.717, 1.165) is 5.82 Å². The Morgan fingerprint density at radius 2 is 2.26 bits per heavy atom. The van der Waals surface area contributed by atoms with Crippen molar-refractivity contribution in [3.05, 3.63) is 42.2 Å². The van der Waals surface area contributed by atoms with Gasteiger partial charge in [-0.1, -0.05) is 0 Å². The van der Waals surface area contributed by atoms with Crippen molar-refractivity contribution in [3.8, 4) is 0 Å². The number of nitrogens with one attached hydrogen (secondary N) is 1. The minimum Gasteiger partial charge on any atom is -0.397 e. The van der Waals surface area contributed by atoms with E-state index in [1.807, 2.05) is 6.92 Å². The number of rotatable bonds is 3. The van der Waals surface area contributed by atoms with Gasteiger partial charge in [0.25, 0.3) is 0 Å². The van der Waals surface area contributed by atoms with Gasteiger partial charge in [0.2, 0.25) is 5.91 Å². The minimum absolute atomic E-state index is 0.197. The van der Waals surface area contributed by atoms with Crippen molar-refractivity contribution in [1.82, 2.24) is 9.55 Å². The van der Waals surface area contributed by atoms with Crippen LogP contribution in [-0.4, -0.2) is 15.5 Å². The predicted octanol–water partition coefficient (Wildman–Crippen LogP) is 2.11. The summed E-state index contributed by atoms with van der Waals surface area (Å²) in [6.07, 6.45) is 3.36. The number of aryl methyl sites for hydroxylation is 1. The number of hydrogen-bond donors (Lipinski definition) is 2. The Balaban J connectivity index is 2.15. The van der Waals surface area contributed by atoms with Crippen LogP contribution in [0.5, 0.6) is 0 Å². The molecule has 19 heavy (non-hydrogen) atoms. The normalized spacial score (nSPS) is 12.2. The third-order valence-electron chi connectivity index (χ3n) is 2.93. The summed E-state index contributed by atoms with van der Waals surface area (Å²) in [7, 11) is 0. The molecule has 1 heterocycles. The van der Waals surface area contributed by atoms with E-state index < -0.39 is 11.9 Å². The Kier molecular flexibility index (Phi) is 3.50. The second-order valence-corrected chi connectivity index (χ2v) is 4.28. The summed E-state index contributed by atoms with van der Waals surface area (Å²) in [5.41, 5.74) is 6.24. The molecule has 2 rings (SSSR count). The molecule has 0 aliphatic rings. The van der Waals surface area contributed by atoms with Gasteiger partial charge in [-0.15, -0.1) is 0 Å². The summed E-state index contributed by atoms with van der Waals surface area (Å²) in [4.78, 5) is 16.2. The van der Waals surface area contributed by atoms with E-state index in [9.17, 15) is 9.18 Å². The van der Waals surface area contributed by atoms with E-state index in [2.05, 4.69) is 10.3 Å². The molecule has 0 fully saturated rings. The highest BCUT2D eigenvalue weighted by molar-refractivity contribution is 5.96. The highest BCUT2D eigenvalue weighted by Crippen LogP contribution is 2.20. The first-order valence-electron chi connectivity index (χ1n) is 5.84. The van der Waals surface area contributed by atoms with Crippen molar-refractivity contribution in [3.63, 3.8) is 0 Å². The number of halogens is 1. The Bertz CT molecular complexity index is 608. The summed E-state index contributed by atoms with van der Waals surface area (Å²) in [5, 5.41) is 2.67. The number of carbonyl (C=O) groups excluding carboxylic acids is 1. The molecule has 100 valence electrons. The fourth-order valence-electron chi connectivity index (χ4n) is 1.81. The lowest BCUT2D eigenvalue weighted by molar-refractivity contribution is -0.118.